The number of amides is 1. The van der Waals surface area contributed by atoms with Crippen LogP contribution in [0.1, 0.15) is 10.4 Å². The number of rotatable bonds is 5. The second kappa shape index (κ2) is 10.6. The molecule has 4 rings (SSSR count). The molecule has 2 aromatic heterocycles. The molecule has 0 radical (unpaired) electrons. The molecular weight excluding hydrogens is 457 g/mol. The van der Waals surface area contributed by atoms with Crippen molar-refractivity contribution in [3.8, 4) is 11.4 Å². The summed E-state index contributed by atoms with van der Waals surface area (Å²) < 4.78 is 31.7. The minimum Gasteiger partial charge on any atom is -0.475 e. The highest BCUT2D eigenvalue weighted by molar-refractivity contribution is 6.04. The molecule has 0 unspecified atom stereocenters. The topological polar surface area (TPSA) is 159 Å². The van der Waals surface area contributed by atoms with Gasteiger partial charge in [0.05, 0.1) is 0 Å². The van der Waals surface area contributed by atoms with Crippen LogP contribution in [0, 0.1) is 0 Å². The van der Waals surface area contributed by atoms with E-state index in [0.717, 1.165) is 11.3 Å². The molecule has 0 aliphatic rings. The van der Waals surface area contributed by atoms with Crippen molar-refractivity contribution < 1.29 is 27.9 Å². The molecule has 0 aliphatic carbocycles. The molecule has 14 heteroatoms. The highest BCUT2D eigenvalue weighted by atomic mass is 19.4. The second-order valence-electron chi connectivity index (χ2n) is 6.35. The number of carboxylic acids is 1. The number of carboxylic acid groups (broad SMARTS) is 1. The molecule has 174 valence electrons. The van der Waals surface area contributed by atoms with Gasteiger partial charge in [0, 0.05) is 34.9 Å². The number of tetrazole rings is 1. The first-order chi connectivity index (χ1) is 16.2. The summed E-state index contributed by atoms with van der Waals surface area (Å²) in [6.45, 7) is 0. The Labute approximate surface area is 189 Å². The van der Waals surface area contributed by atoms with Gasteiger partial charge in [0.25, 0.3) is 5.91 Å². The Balaban J connectivity index is 0.000000406. The van der Waals surface area contributed by atoms with E-state index in [2.05, 4.69) is 41.2 Å². The molecule has 4 N–H and O–H groups in total. The first-order valence-electron chi connectivity index (χ1n) is 9.32. The summed E-state index contributed by atoms with van der Waals surface area (Å²) in [5.41, 5.74) is 2.70. The average molecular weight is 472 g/mol. The molecule has 0 saturated carbocycles. The number of carbonyl (C=O) groups is 2. The molecule has 0 fully saturated rings. The number of aliphatic carboxylic acids is 1. The van der Waals surface area contributed by atoms with Crippen LogP contribution in [0.15, 0.2) is 67.0 Å². The van der Waals surface area contributed by atoms with Crippen LogP contribution in [0.5, 0.6) is 0 Å². The Morgan fingerprint density at radius 2 is 1.62 bits per heavy atom. The van der Waals surface area contributed by atoms with Gasteiger partial charge in [-0.05, 0) is 53.7 Å². The second-order valence-corrected chi connectivity index (χ2v) is 6.35. The molecule has 0 bridgehead atoms. The van der Waals surface area contributed by atoms with Crippen LogP contribution in [-0.2, 0) is 4.79 Å². The third-order valence-electron chi connectivity index (χ3n) is 3.94. The van der Waals surface area contributed by atoms with Crippen molar-refractivity contribution in [1.82, 2.24) is 30.6 Å². The minimum absolute atomic E-state index is 0.222. The van der Waals surface area contributed by atoms with Crippen molar-refractivity contribution in [2.45, 2.75) is 6.18 Å². The van der Waals surface area contributed by atoms with E-state index in [-0.39, 0.29) is 5.91 Å². The normalized spacial score (nSPS) is 10.6. The van der Waals surface area contributed by atoms with E-state index in [9.17, 15) is 18.0 Å². The summed E-state index contributed by atoms with van der Waals surface area (Å²) in [5.74, 6) is -2.02. The van der Waals surface area contributed by atoms with Gasteiger partial charge in [-0.1, -0.05) is 6.07 Å². The zero-order valence-corrected chi connectivity index (χ0v) is 17.0. The van der Waals surface area contributed by atoms with E-state index in [4.69, 9.17) is 9.90 Å². The third kappa shape index (κ3) is 6.81. The van der Waals surface area contributed by atoms with Gasteiger partial charge in [0.2, 0.25) is 11.8 Å². The van der Waals surface area contributed by atoms with Gasteiger partial charge in [-0.15, -0.1) is 10.2 Å². The summed E-state index contributed by atoms with van der Waals surface area (Å²) in [4.78, 5) is 29.6. The summed E-state index contributed by atoms with van der Waals surface area (Å²) in [5, 5.41) is 26.8. The fourth-order valence-corrected chi connectivity index (χ4v) is 2.42. The minimum atomic E-state index is -5.08. The number of alkyl halides is 3. The van der Waals surface area contributed by atoms with Gasteiger partial charge in [0.1, 0.15) is 0 Å². The molecule has 11 nitrogen and oxygen atoms in total. The summed E-state index contributed by atoms with van der Waals surface area (Å²) in [7, 11) is 0. The number of aromatic nitrogens is 6. The van der Waals surface area contributed by atoms with Crippen molar-refractivity contribution in [3.05, 3.63) is 72.6 Å². The number of nitrogens with zero attached hydrogens (tertiary/aromatic N) is 5. The summed E-state index contributed by atoms with van der Waals surface area (Å²) >= 11 is 0. The van der Waals surface area contributed by atoms with Gasteiger partial charge < -0.3 is 15.7 Å². The highest BCUT2D eigenvalue weighted by Gasteiger charge is 2.38. The molecule has 2 aromatic carbocycles. The lowest BCUT2D eigenvalue weighted by Crippen LogP contribution is -2.21. The van der Waals surface area contributed by atoms with Gasteiger partial charge in [-0.2, -0.15) is 18.4 Å². The number of benzene rings is 2. The predicted molar refractivity (Wildman–Crippen MR) is 113 cm³/mol. The standard InChI is InChI=1S/C18H14N8O.C2HF3O2/c27-17(21-14-7-5-12(6-8-14)16-23-25-26-24-16)13-3-1-4-15(11-13)22-18-19-9-2-10-20-18;3-2(4,5)1(6)7/h1-11H,(H,21,27)(H,19,20,22)(H,23,24,25,26);(H,6,7). The Kier molecular flexibility index (Phi) is 7.43. The van der Waals surface area contributed by atoms with Crippen LogP contribution < -0.4 is 10.6 Å². The van der Waals surface area contributed by atoms with Gasteiger partial charge in [-0.25, -0.2) is 14.8 Å². The van der Waals surface area contributed by atoms with E-state index in [1.54, 1.807) is 48.8 Å². The lowest BCUT2D eigenvalue weighted by molar-refractivity contribution is -0.192. The van der Waals surface area contributed by atoms with Gasteiger partial charge in [0.15, 0.2) is 0 Å². The SMILES string of the molecule is O=C(Nc1ccc(-c2nn[nH]n2)cc1)c1cccc(Nc2ncccn2)c1.O=C(O)C(F)(F)F. The molecule has 0 aliphatic heterocycles. The number of aromatic amines is 1. The van der Waals surface area contributed by atoms with Gasteiger partial charge >= 0.3 is 12.1 Å². The van der Waals surface area contributed by atoms with E-state index in [1.165, 1.54) is 0 Å². The number of H-pyrrole nitrogens is 1. The Morgan fingerprint density at radius 3 is 2.21 bits per heavy atom. The molecule has 0 spiro atoms. The third-order valence-corrected chi connectivity index (χ3v) is 3.94. The monoisotopic (exact) mass is 472 g/mol. The Bertz CT molecular complexity index is 1230. The van der Waals surface area contributed by atoms with Crippen LogP contribution in [0.25, 0.3) is 11.4 Å². The van der Waals surface area contributed by atoms with E-state index < -0.39 is 12.1 Å². The molecule has 0 saturated heterocycles. The zero-order chi connectivity index (χ0) is 24.6. The Morgan fingerprint density at radius 1 is 0.941 bits per heavy atom. The van der Waals surface area contributed by atoms with Crippen LogP contribution in [0.4, 0.5) is 30.5 Å². The largest absolute Gasteiger partial charge is 0.490 e. The fourth-order valence-electron chi connectivity index (χ4n) is 2.42. The van der Waals surface area contributed by atoms with Crippen LogP contribution in [-0.4, -0.2) is 53.8 Å². The lowest BCUT2D eigenvalue weighted by atomic mass is 10.1. The molecule has 34 heavy (non-hydrogen) atoms. The first kappa shape index (κ1) is 23.8. The summed E-state index contributed by atoms with van der Waals surface area (Å²) in [6.07, 6.45) is -1.80. The van der Waals surface area contributed by atoms with E-state index >= 15 is 0 Å². The Hall–Kier alpha value is -4.88. The first-order valence-corrected chi connectivity index (χ1v) is 9.32. The number of nitrogens with one attached hydrogen (secondary N) is 3. The number of carbonyl (C=O) groups excluding carboxylic acids is 1. The number of hydrogen-bond acceptors (Lipinski definition) is 8. The molecule has 0 atom stereocenters. The highest BCUT2D eigenvalue weighted by Crippen LogP contribution is 2.19. The van der Waals surface area contributed by atoms with Crippen molar-refractivity contribution in [3.63, 3.8) is 0 Å². The van der Waals surface area contributed by atoms with Crippen LogP contribution in [0.3, 0.4) is 0 Å². The molecule has 1 amide bonds. The smallest absolute Gasteiger partial charge is 0.475 e. The van der Waals surface area contributed by atoms with Crippen LogP contribution >= 0.6 is 0 Å². The summed E-state index contributed by atoms with van der Waals surface area (Å²) in [6, 6.07) is 16.0. The van der Waals surface area contributed by atoms with Crippen molar-refractivity contribution >= 4 is 29.2 Å². The molecular formula is C20H15F3N8O3. The quantitative estimate of drug-likeness (QED) is 0.342. The number of anilines is 3. The fraction of sp³-hybridized carbons (Fsp3) is 0.0500. The molecule has 4 aromatic rings. The molecule has 2 heterocycles. The maximum atomic E-state index is 12.5. The maximum Gasteiger partial charge on any atom is 0.490 e. The number of hydrogen-bond donors (Lipinski definition) is 4. The van der Waals surface area contributed by atoms with Gasteiger partial charge in [-0.3, -0.25) is 4.79 Å². The van der Waals surface area contributed by atoms with E-state index in [0.29, 0.717) is 23.0 Å². The number of halogens is 3. The van der Waals surface area contributed by atoms with Crippen molar-refractivity contribution in [2.75, 3.05) is 10.6 Å². The van der Waals surface area contributed by atoms with E-state index in [1.807, 2.05) is 18.2 Å². The van der Waals surface area contributed by atoms with Crippen LogP contribution in [0.2, 0.25) is 0 Å². The maximum absolute atomic E-state index is 12.5. The average Bonchev–Trinajstić information content (AvgIpc) is 3.35. The predicted octanol–water partition coefficient (Wildman–Crippen LogP) is 3.29. The lowest BCUT2D eigenvalue weighted by Gasteiger charge is -2.08. The van der Waals surface area contributed by atoms with Crippen molar-refractivity contribution in [2.24, 2.45) is 0 Å². The van der Waals surface area contributed by atoms with Crippen molar-refractivity contribution in [1.29, 1.82) is 0 Å². The zero-order valence-electron chi connectivity index (χ0n) is 17.0.